The van der Waals surface area contributed by atoms with Crippen LogP contribution in [0.2, 0.25) is 0 Å². The molecule has 3 amide bonds. The van der Waals surface area contributed by atoms with E-state index < -0.39 is 5.54 Å². The zero-order valence-electron chi connectivity index (χ0n) is 16.1. The zero-order valence-corrected chi connectivity index (χ0v) is 16.9. The average molecular weight is 396 g/mol. The second-order valence-corrected chi connectivity index (χ2v) is 9.11. The number of urea groups is 1. The van der Waals surface area contributed by atoms with Crippen molar-refractivity contribution < 1.29 is 9.59 Å². The number of carbonyl (C=O) groups excluding carboxylic acids is 2. The first-order chi connectivity index (χ1) is 13.6. The van der Waals surface area contributed by atoms with Gasteiger partial charge in [0.25, 0.3) is 5.91 Å². The summed E-state index contributed by atoms with van der Waals surface area (Å²) in [6, 6.07) is 10.2. The van der Waals surface area contributed by atoms with Gasteiger partial charge in [-0.1, -0.05) is 24.3 Å². The molecule has 5 rings (SSSR count). The van der Waals surface area contributed by atoms with Crippen LogP contribution in [-0.4, -0.2) is 35.0 Å². The molecule has 28 heavy (non-hydrogen) atoms. The zero-order chi connectivity index (χ0) is 19.3. The monoisotopic (exact) mass is 395 g/mol. The molecule has 0 radical (unpaired) electrons. The Labute approximate surface area is 169 Å². The summed E-state index contributed by atoms with van der Waals surface area (Å²) < 4.78 is 0. The Balaban J connectivity index is 1.44. The van der Waals surface area contributed by atoms with Crippen molar-refractivity contribution in [1.82, 2.24) is 15.1 Å². The smallest absolute Gasteiger partial charge is 0.319 e. The average Bonchev–Trinajstić information content (AvgIpc) is 3.21. The Morgan fingerprint density at radius 2 is 2.04 bits per heavy atom. The van der Waals surface area contributed by atoms with Gasteiger partial charge in [0.05, 0.1) is 6.67 Å². The lowest BCUT2D eigenvalue weighted by Crippen LogP contribution is -2.47. The predicted octanol–water partition coefficient (Wildman–Crippen LogP) is 3.80. The van der Waals surface area contributed by atoms with Crippen molar-refractivity contribution in [2.75, 3.05) is 13.2 Å². The maximum Gasteiger partial charge on any atom is 0.326 e. The van der Waals surface area contributed by atoms with E-state index in [9.17, 15) is 9.59 Å². The lowest BCUT2D eigenvalue weighted by Gasteiger charge is -2.35. The summed E-state index contributed by atoms with van der Waals surface area (Å²) in [5.41, 5.74) is 2.61. The SMILES string of the molecule is CC1c2ccsc2CCN1CN1C(=O)NC2(CCCCc3ccccc32)C1=O. The van der Waals surface area contributed by atoms with Gasteiger partial charge in [-0.05, 0) is 67.2 Å². The van der Waals surface area contributed by atoms with Crippen molar-refractivity contribution in [2.24, 2.45) is 0 Å². The van der Waals surface area contributed by atoms with Gasteiger partial charge in [0.1, 0.15) is 5.54 Å². The molecule has 1 aromatic heterocycles. The Morgan fingerprint density at radius 3 is 2.93 bits per heavy atom. The first-order valence-corrected chi connectivity index (χ1v) is 11.0. The van der Waals surface area contributed by atoms with Crippen LogP contribution < -0.4 is 5.32 Å². The number of amides is 3. The summed E-state index contributed by atoms with van der Waals surface area (Å²) >= 11 is 1.80. The third-order valence-electron chi connectivity index (χ3n) is 6.63. The number of thiophene rings is 1. The molecule has 1 N–H and O–H groups in total. The number of aryl methyl sites for hydroxylation is 1. The highest BCUT2D eigenvalue weighted by Gasteiger charge is 2.53. The minimum atomic E-state index is -0.892. The summed E-state index contributed by atoms with van der Waals surface area (Å²) in [6.45, 7) is 3.39. The van der Waals surface area contributed by atoms with E-state index in [0.29, 0.717) is 13.1 Å². The molecule has 1 fully saturated rings. The van der Waals surface area contributed by atoms with E-state index in [1.165, 1.54) is 20.9 Å². The Hall–Kier alpha value is -2.18. The molecule has 1 aliphatic carbocycles. The van der Waals surface area contributed by atoms with Crippen molar-refractivity contribution >= 4 is 23.3 Å². The van der Waals surface area contributed by atoms with Crippen LogP contribution in [0.25, 0.3) is 0 Å². The van der Waals surface area contributed by atoms with Gasteiger partial charge in [-0.25, -0.2) is 9.69 Å². The standard InChI is InChI=1S/C22H25N3O2S/c1-15-17-10-13-28-19(17)9-12-24(15)14-25-20(26)22(23-21(25)27)11-5-4-7-16-6-2-3-8-18(16)22/h2-3,6,8,10,13,15H,4-5,7,9,11-12,14H2,1H3,(H,23,27). The number of hydrogen-bond acceptors (Lipinski definition) is 4. The Bertz CT molecular complexity index is 939. The molecule has 2 aliphatic heterocycles. The molecule has 1 aromatic carbocycles. The molecule has 1 saturated heterocycles. The van der Waals surface area contributed by atoms with Crippen LogP contribution >= 0.6 is 11.3 Å². The van der Waals surface area contributed by atoms with E-state index in [1.807, 2.05) is 18.2 Å². The van der Waals surface area contributed by atoms with Gasteiger partial charge in [0, 0.05) is 17.5 Å². The van der Waals surface area contributed by atoms with E-state index in [0.717, 1.165) is 37.8 Å². The van der Waals surface area contributed by atoms with Crippen LogP contribution in [0.4, 0.5) is 4.79 Å². The highest BCUT2D eigenvalue weighted by molar-refractivity contribution is 7.10. The number of fused-ring (bicyclic) bond motifs is 3. The van der Waals surface area contributed by atoms with E-state index in [-0.39, 0.29) is 18.0 Å². The summed E-state index contributed by atoms with van der Waals surface area (Å²) in [5.74, 6) is -0.0878. The first-order valence-electron chi connectivity index (χ1n) is 10.1. The predicted molar refractivity (Wildman–Crippen MR) is 109 cm³/mol. The summed E-state index contributed by atoms with van der Waals surface area (Å²) in [6.07, 6.45) is 4.61. The van der Waals surface area contributed by atoms with Gasteiger partial charge in [0.15, 0.2) is 0 Å². The fraction of sp³-hybridized carbons (Fsp3) is 0.455. The minimum absolute atomic E-state index is 0.0878. The van der Waals surface area contributed by atoms with Crippen molar-refractivity contribution in [1.29, 1.82) is 0 Å². The second kappa shape index (κ2) is 6.71. The normalized spacial score (nSPS) is 27.5. The van der Waals surface area contributed by atoms with Crippen LogP contribution in [0.5, 0.6) is 0 Å². The van der Waals surface area contributed by atoms with Crippen molar-refractivity contribution in [3.8, 4) is 0 Å². The molecule has 3 heterocycles. The number of carbonyl (C=O) groups is 2. The number of imide groups is 1. The number of nitrogens with one attached hydrogen (secondary N) is 1. The number of hydrogen-bond donors (Lipinski definition) is 1. The maximum atomic E-state index is 13.6. The third-order valence-corrected chi connectivity index (χ3v) is 7.62. The van der Waals surface area contributed by atoms with Crippen LogP contribution in [0, 0.1) is 0 Å². The van der Waals surface area contributed by atoms with Gasteiger partial charge >= 0.3 is 6.03 Å². The lowest BCUT2D eigenvalue weighted by molar-refractivity contribution is -0.133. The van der Waals surface area contributed by atoms with Gasteiger partial charge in [-0.15, -0.1) is 11.3 Å². The molecular formula is C22H25N3O2S. The lowest BCUT2D eigenvalue weighted by atomic mass is 9.84. The largest absolute Gasteiger partial charge is 0.326 e. The molecule has 1 spiro atoms. The highest BCUT2D eigenvalue weighted by Crippen LogP contribution is 2.40. The van der Waals surface area contributed by atoms with Crippen LogP contribution in [-0.2, 0) is 23.2 Å². The van der Waals surface area contributed by atoms with E-state index in [2.05, 4.69) is 34.7 Å². The Morgan fingerprint density at radius 1 is 1.18 bits per heavy atom. The molecule has 0 bridgehead atoms. The molecule has 2 atom stereocenters. The molecule has 6 heteroatoms. The van der Waals surface area contributed by atoms with Crippen molar-refractivity contribution in [3.05, 3.63) is 57.3 Å². The first kappa shape index (κ1) is 17.9. The van der Waals surface area contributed by atoms with Crippen molar-refractivity contribution in [2.45, 2.75) is 50.6 Å². The number of benzene rings is 1. The van der Waals surface area contributed by atoms with E-state index in [4.69, 9.17) is 0 Å². The summed E-state index contributed by atoms with van der Waals surface area (Å²) in [5, 5.41) is 5.23. The Kier molecular flexibility index (Phi) is 4.29. The quantitative estimate of drug-likeness (QED) is 0.787. The van der Waals surface area contributed by atoms with Gasteiger partial charge in [0.2, 0.25) is 0 Å². The van der Waals surface area contributed by atoms with Crippen LogP contribution in [0.1, 0.15) is 53.8 Å². The maximum absolute atomic E-state index is 13.6. The van der Waals surface area contributed by atoms with Crippen LogP contribution in [0.15, 0.2) is 35.7 Å². The van der Waals surface area contributed by atoms with Gasteiger partial charge in [-0.3, -0.25) is 9.69 Å². The van der Waals surface area contributed by atoms with Gasteiger partial charge < -0.3 is 5.32 Å². The molecule has 0 saturated carbocycles. The summed E-state index contributed by atoms with van der Waals surface area (Å²) in [4.78, 5) is 31.6. The van der Waals surface area contributed by atoms with Crippen LogP contribution in [0.3, 0.4) is 0 Å². The molecule has 3 aliphatic rings. The van der Waals surface area contributed by atoms with E-state index in [1.54, 1.807) is 11.3 Å². The number of nitrogens with zero attached hydrogens (tertiary/aromatic N) is 2. The fourth-order valence-corrected chi connectivity index (χ4v) is 6.00. The summed E-state index contributed by atoms with van der Waals surface area (Å²) in [7, 11) is 0. The molecule has 2 aromatic rings. The minimum Gasteiger partial charge on any atom is -0.319 e. The third kappa shape index (κ3) is 2.62. The highest BCUT2D eigenvalue weighted by atomic mass is 32.1. The second-order valence-electron chi connectivity index (χ2n) is 8.11. The fourth-order valence-electron chi connectivity index (χ4n) is 5.04. The molecular weight excluding hydrogens is 370 g/mol. The number of rotatable bonds is 2. The molecule has 146 valence electrons. The van der Waals surface area contributed by atoms with E-state index >= 15 is 0 Å². The molecule has 5 nitrogen and oxygen atoms in total. The molecule has 2 unspecified atom stereocenters. The topological polar surface area (TPSA) is 52.6 Å². The van der Waals surface area contributed by atoms with Crippen molar-refractivity contribution in [3.63, 3.8) is 0 Å². The van der Waals surface area contributed by atoms with Gasteiger partial charge in [-0.2, -0.15) is 0 Å².